The molecule has 5 nitrogen and oxygen atoms in total. The van der Waals surface area contributed by atoms with Crippen molar-refractivity contribution in [1.82, 2.24) is 9.88 Å². The molecule has 1 fully saturated rings. The van der Waals surface area contributed by atoms with E-state index in [4.69, 9.17) is 4.74 Å². The second kappa shape index (κ2) is 8.31. The lowest BCUT2D eigenvalue weighted by Gasteiger charge is -2.42. The standard InChI is InChI=1S/C27H32N2O3/c30-15-22-21-13-26-27-20(11-12-28-14-17(21)9-10-25(22)31)19-6-2-4-8-24(19)29(27)23-7-3-1-5-18(23)16-32-26/h1-8,17,21-22,25-26,28,30-31H,9-16H2/t17-,21-,22+,25-,26+/m0/s1. The molecule has 0 unspecified atom stereocenters. The number of fused-ring (bicyclic) bond motifs is 6. The van der Waals surface area contributed by atoms with Gasteiger partial charge in [-0.2, -0.15) is 0 Å². The van der Waals surface area contributed by atoms with E-state index in [1.54, 1.807) is 0 Å². The summed E-state index contributed by atoms with van der Waals surface area (Å²) in [5.41, 5.74) is 6.27. The van der Waals surface area contributed by atoms with Gasteiger partial charge in [0.2, 0.25) is 0 Å². The van der Waals surface area contributed by atoms with Crippen LogP contribution < -0.4 is 5.32 Å². The molecule has 1 saturated carbocycles. The molecule has 3 aliphatic rings. The van der Waals surface area contributed by atoms with Gasteiger partial charge in [0.05, 0.1) is 35.7 Å². The van der Waals surface area contributed by atoms with E-state index in [2.05, 4.69) is 58.4 Å². The molecule has 168 valence electrons. The molecule has 0 saturated heterocycles. The third kappa shape index (κ3) is 3.22. The zero-order valence-corrected chi connectivity index (χ0v) is 18.4. The Kier molecular flexibility index (Phi) is 5.30. The number of hydrogen-bond donors (Lipinski definition) is 3. The molecule has 32 heavy (non-hydrogen) atoms. The van der Waals surface area contributed by atoms with Crippen LogP contribution in [-0.4, -0.2) is 40.6 Å². The second-order valence-corrected chi connectivity index (χ2v) is 9.75. The molecule has 3 aromatic rings. The number of aliphatic hydroxyl groups is 2. The van der Waals surface area contributed by atoms with Gasteiger partial charge in [-0.05, 0) is 68.3 Å². The maximum atomic E-state index is 10.7. The minimum atomic E-state index is -0.433. The lowest BCUT2D eigenvalue weighted by molar-refractivity contribution is -0.0578. The van der Waals surface area contributed by atoms with E-state index in [-0.39, 0.29) is 24.5 Å². The fourth-order valence-electron chi connectivity index (χ4n) is 6.56. The summed E-state index contributed by atoms with van der Waals surface area (Å²) in [5.74, 6) is 0.578. The van der Waals surface area contributed by atoms with Crippen molar-refractivity contribution < 1.29 is 14.9 Å². The molecule has 3 heterocycles. The number of nitrogens with zero attached hydrogens (tertiary/aromatic N) is 1. The molecule has 2 aromatic carbocycles. The first-order valence-corrected chi connectivity index (χ1v) is 12.1. The Hall–Kier alpha value is -2.18. The second-order valence-electron chi connectivity index (χ2n) is 9.75. The number of aliphatic hydroxyl groups excluding tert-OH is 2. The van der Waals surface area contributed by atoms with E-state index in [1.165, 1.54) is 33.4 Å². The van der Waals surface area contributed by atoms with Gasteiger partial charge in [-0.1, -0.05) is 36.4 Å². The Labute approximate surface area is 189 Å². The number of para-hydroxylation sites is 2. The summed E-state index contributed by atoms with van der Waals surface area (Å²) >= 11 is 0. The van der Waals surface area contributed by atoms with Crippen molar-refractivity contribution in [3.8, 4) is 5.69 Å². The Balaban J connectivity index is 1.55. The molecule has 0 bridgehead atoms. The van der Waals surface area contributed by atoms with Gasteiger partial charge in [-0.3, -0.25) is 0 Å². The van der Waals surface area contributed by atoms with Crippen LogP contribution in [0.15, 0.2) is 48.5 Å². The van der Waals surface area contributed by atoms with Crippen molar-refractivity contribution in [3.63, 3.8) is 0 Å². The fourth-order valence-corrected chi connectivity index (χ4v) is 6.56. The van der Waals surface area contributed by atoms with Gasteiger partial charge in [-0.15, -0.1) is 0 Å². The zero-order valence-electron chi connectivity index (χ0n) is 18.4. The summed E-state index contributed by atoms with van der Waals surface area (Å²) in [6, 6.07) is 17.3. The van der Waals surface area contributed by atoms with Gasteiger partial charge < -0.3 is 24.8 Å². The van der Waals surface area contributed by atoms with Crippen LogP contribution in [0.25, 0.3) is 16.6 Å². The van der Waals surface area contributed by atoms with Crippen molar-refractivity contribution >= 4 is 10.9 Å². The van der Waals surface area contributed by atoms with E-state index >= 15 is 0 Å². The topological polar surface area (TPSA) is 66.7 Å². The number of ether oxygens (including phenoxy) is 1. The van der Waals surface area contributed by atoms with Crippen LogP contribution in [0.5, 0.6) is 0 Å². The molecule has 1 aromatic heterocycles. The molecule has 3 N–H and O–H groups in total. The number of benzene rings is 2. The average Bonchev–Trinajstić information content (AvgIpc) is 3.05. The minimum Gasteiger partial charge on any atom is -0.396 e. The quantitative estimate of drug-likeness (QED) is 0.548. The van der Waals surface area contributed by atoms with Gasteiger partial charge in [0.15, 0.2) is 0 Å². The van der Waals surface area contributed by atoms with Gasteiger partial charge in [0.25, 0.3) is 0 Å². The molecule has 0 radical (unpaired) electrons. The van der Waals surface area contributed by atoms with E-state index in [0.717, 1.165) is 38.8 Å². The average molecular weight is 433 g/mol. The molecular weight excluding hydrogens is 400 g/mol. The normalized spacial score (nSPS) is 30.1. The van der Waals surface area contributed by atoms with E-state index in [0.29, 0.717) is 12.5 Å². The molecule has 0 spiro atoms. The van der Waals surface area contributed by atoms with E-state index in [9.17, 15) is 10.2 Å². The van der Waals surface area contributed by atoms with Crippen LogP contribution in [0.2, 0.25) is 0 Å². The van der Waals surface area contributed by atoms with E-state index < -0.39 is 6.10 Å². The SMILES string of the molecule is OC[C@@H]1[C@H]2C[C@H]3OCc4ccccc4-n4c3c(c3ccccc34)CCNC[C@@H]2CC[C@@H]1O. The maximum Gasteiger partial charge on any atom is 0.0988 e. The predicted molar refractivity (Wildman–Crippen MR) is 125 cm³/mol. The van der Waals surface area contributed by atoms with Gasteiger partial charge in [-0.25, -0.2) is 0 Å². The summed E-state index contributed by atoms with van der Waals surface area (Å²) < 4.78 is 9.10. The minimum absolute atomic E-state index is 0.0329. The molecule has 6 rings (SSSR count). The van der Waals surface area contributed by atoms with Crippen molar-refractivity contribution in [2.45, 2.75) is 44.5 Å². The van der Waals surface area contributed by atoms with Gasteiger partial charge in [0, 0.05) is 23.5 Å². The first kappa shape index (κ1) is 20.4. The highest BCUT2D eigenvalue weighted by Crippen LogP contribution is 2.46. The van der Waals surface area contributed by atoms with Crippen LogP contribution in [0.4, 0.5) is 0 Å². The number of nitrogens with one attached hydrogen (secondary N) is 1. The van der Waals surface area contributed by atoms with Crippen LogP contribution in [0, 0.1) is 17.8 Å². The Bertz CT molecular complexity index is 1120. The van der Waals surface area contributed by atoms with Crippen LogP contribution in [0.1, 0.15) is 42.2 Å². The molecule has 2 aliphatic heterocycles. The third-order valence-corrected chi connectivity index (χ3v) is 8.14. The highest BCUT2D eigenvalue weighted by atomic mass is 16.5. The van der Waals surface area contributed by atoms with E-state index in [1.807, 2.05) is 0 Å². The molecular formula is C27H32N2O3. The molecule has 1 aliphatic carbocycles. The lowest BCUT2D eigenvalue weighted by atomic mass is 9.68. The Morgan fingerprint density at radius 1 is 1.06 bits per heavy atom. The van der Waals surface area contributed by atoms with Crippen LogP contribution >= 0.6 is 0 Å². The van der Waals surface area contributed by atoms with Crippen molar-refractivity contribution in [2.24, 2.45) is 17.8 Å². The first-order chi connectivity index (χ1) is 15.8. The monoisotopic (exact) mass is 432 g/mol. The zero-order chi connectivity index (χ0) is 21.7. The maximum absolute atomic E-state index is 10.7. The summed E-state index contributed by atoms with van der Waals surface area (Å²) in [5, 5.41) is 25.9. The molecule has 5 atom stereocenters. The van der Waals surface area contributed by atoms with Crippen LogP contribution in [-0.2, 0) is 17.8 Å². The highest BCUT2D eigenvalue weighted by Gasteiger charge is 2.41. The van der Waals surface area contributed by atoms with Gasteiger partial charge >= 0.3 is 0 Å². The number of hydrogen-bond acceptors (Lipinski definition) is 4. The summed E-state index contributed by atoms with van der Waals surface area (Å²) in [6.07, 6.45) is 3.07. The third-order valence-electron chi connectivity index (χ3n) is 8.14. The smallest absolute Gasteiger partial charge is 0.0988 e. The Morgan fingerprint density at radius 3 is 2.81 bits per heavy atom. The molecule has 5 heteroatoms. The number of aromatic nitrogens is 1. The van der Waals surface area contributed by atoms with Crippen LogP contribution in [0.3, 0.4) is 0 Å². The molecule has 0 amide bonds. The van der Waals surface area contributed by atoms with Gasteiger partial charge in [0.1, 0.15) is 0 Å². The van der Waals surface area contributed by atoms with Crippen molar-refractivity contribution in [2.75, 3.05) is 19.7 Å². The predicted octanol–water partition coefficient (Wildman–Crippen LogP) is 3.73. The summed E-state index contributed by atoms with van der Waals surface area (Å²) in [7, 11) is 0. The van der Waals surface area contributed by atoms with Crippen molar-refractivity contribution in [3.05, 3.63) is 65.4 Å². The summed E-state index contributed by atoms with van der Waals surface area (Å²) in [6.45, 7) is 2.48. The number of rotatable bonds is 1. The first-order valence-electron chi connectivity index (χ1n) is 12.1. The fraction of sp³-hybridized carbons (Fsp3) is 0.481. The largest absolute Gasteiger partial charge is 0.396 e. The van der Waals surface area contributed by atoms with Crippen molar-refractivity contribution in [1.29, 1.82) is 0 Å². The highest BCUT2D eigenvalue weighted by molar-refractivity contribution is 5.88. The Morgan fingerprint density at radius 2 is 1.91 bits per heavy atom. The summed E-state index contributed by atoms with van der Waals surface area (Å²) in [4.78, 5) is 0. The lowest BCUT2D eigenvalue weighted by Crippen LogP contribution is -2.45.